The third-order valence-electron chi connectivity index (χ3n) is 3.33. The van der Waals surface area contributed by atoms with Crippen LogP contribution in [0.4, 0.5) is 4.79 Å². The molecule has 0 aromatic heterocycles. The van der Waals surface area contributed by atoms with E-state index >= 15 is 0 Å². The number of carbonyl (C=O) groups is 1. The largest absolute Gasteiger partial charge is 0.450 e. The van der Waals surface area contributed by atoms with Crippen molar-refractivity contribution < 1.29 is 9.53 Å². The predicted molar refractivity (Wildman–Crippen MR) is 64.5 cm³/mol. The Morgan fingerprint density at radius 1 is 1.44 bits per heavy atom. The Bertz CT molecular complexity index is 223. The van der Waals surface area contributed by atoms with E-state index in [-0.39, 0.29) is 6.09 Å². The Morgan fingerprint density at radius 2 is 2.00 bits per heavy atom. The highest BCUT2D eigenvalue weighted by Gasteiger charge is 2.26. The zero-order valence-electron chi connectivity index (χ0n) is 10.9. The first-order chi connectivity index (χ1) is 7.56. The summed E-state index contributed by atoms with van der Waals surface area (Å²) in [5.41, 5.74) is 0. The number of amides is 1. The summed E-state index contributed by atoms with van der Waals surface area (Å²) in [6.07, 6.45) is 1.91. The second kappa shape index (κ2) is 6.09. The van der Waals surface area contributed by atoms with Crippen molar-refractivity contribution in [2.75, 3.05) is 26.7 Å². The Labute approximate surface area is 98.5 Å². The molecule has 0 atom stereocenters. The molecule has 4 nitrogen and oxygen atoms in total. The maximum Gasteiger partial charge on any atom is 0.409 e. The van der Waals surface area contributed by atoms with Crippen LogP contribution < -0.4 is 0 Å². The molecule has 0 aliphatic carbocycles. The van der Waals surface area contributed by atoms with E-state index in [0.29, 0.717) is 18.7 Å². The SMILES string of the molecule is CCOC(=O)N(C)C1CCN(C(C)C)CC1. The molecule has 94 valence electrons. The van der Waals surface area contributed by atoms with Gasteiger partial charge in [0.05, 0.1) is 6.61 Å². The second-order valence-electron chi connectivity index (χ2n) is 4.67. The Kier molecular flexibility index (Phi) is 5.06. The van der Waals surface area contributed by atoms with Crippen LogP contribution in [-0.4, -0.2) is 54.7 Å². The molecule has 1 heterocycles. The highest BCUT2D eigenvalue weighted by Crippen LogP contribution is 2.17. The van der Waals surface area contributed by atoms with Crippen LogP contribution in [0.25, 0.3) is 0 Å². The molecule has 0 N–H and O–H groups in total. The van der Waals surface area contributed by atoms with Crippen LogP contribution in [0.1, 0.15) is 33.6 Å². The first-order valence-electron chi connectivity index (χ1n) is 6.19. The first-order valence-corrected chi connectivity index (χ1v) is 6.19. The molecule has 0 aromatic carbocycles. The summed E-state index contributed by atoms with van der Waals surface area (Å²) in [5, 5.41) is 0. The van der Waals surface area contributed by atoms with Crippen molar-refractivity contribution >= 4 is 6.09 Å². The molecule has 0 bridgehead atoms. The summed E-state index contributed by atoms with van der Waals surface area (Å²) in [4.78, 5) is 15.8. The number of hydrogen-bond acceptors (Lipinski definition) is 3. The molecule has 1 amide bonds. The molecule has 0 aromatic rings. The maximum atomic E-state index is 11.5. The summed E-state index contributed by atoms with van der Waals surface area (Å²) >= 11 is 0. The normalized spacial score (nSPS) is 18.8. The molecule has 0 unspecified atom stereocenters. The van der Waals surface area contributed by atoms with Gasteiger partial charge in [0.15, 0.2) is 0 Å². The van der Waals surface area contributed by atoms with Crippen molar-refractivity contribution in [1.29, 1.82) is 0 Å². The number of rotatable bonds is 3. The zero-order chi connectivity index (χ0) is 12.1. The summed E-state index contributed by atoms with van der Waals surface area (Å²) in [6.45, 7) is 8.88. The van der Waals surface area contributed by atoms with Crippen molar-refractivity contribution in [3.05, 3.63) is 0 Å². The molecule has 1 aliphatic heterocycles. The lowest BCUT2D eigenvalue weighted by Crippen LogP contribution is -2.47. The van der Waals surface area contributed by atoms with E-state index in [1.54, 1.807) is 4.90 Å². The highest BCUT2D eigenvalue weighted by molar-refractivity contribution is 5.67. The molecular weight excluding hydrogens is 204 g/mol. The molecule has 1 fully saturated rings. The monoisotopic (exact) mass is 228 g/mol. The lowest BCUT2D eigenvalue weighted by molar-refractivity contribution is 0.0741. The molecule has 0 radical (unpaired) electrons. The van der Waals surface area contributed by atoms with Crippen LogP contribution in [0.3, 0.4) is 0 Å². The summed E-state index contributed by atoms with van der Waals surface area (Å²) in [5.74, 6) is 0. The van der Waals surface area contributed by atoms with Crippen molar-refractivity contribution in [1.82, 2.24) is 9.80 Å². The molecular formula is C12H24N2O2. The Balaban J connectivity index is 2.38. The van der Waals surface area contributed by atoms with Crippen LogP contribution in [0.5, 0.6) is 0 Å². The fourth-order valence-corrected chi connectivity index (χ4v) is 2.16. The quantitative estimate of drug-likeness (QED) is 0.740. The van der Waals surface area contributed by atoms with Crippen molar-refractivity contribution in [3.63, 3.8) is 0 Å². The van der Waals surface area contributed by atoms with Crippen LogP contribution >= 0.6 is 0 Å². The molecule has 4 heteroatoms. The van der Waals surface area contributed by atoms with Crippen molar-refractivity contribution in [2.45, 2.75) is 45.7 Å². The van der Waals surface area contributed by atoms with Gasteiger partial charge in [0, 0.05) is 32.2 Å². The van der Waals surface area contributed by atoms with Gasteiger partial charge in [0.2, 0.25) is 0 Å². The Morgan fingerprint density at radius 3 is 2.44 bits per heavy atom. The molecule has 1 rings (SSSR count). The first kappa shape index (κ1) is 13.3. The van der Waals surface area contributed by atoms with Gasteiger partial charge in [-0.1, -0.05) is 0 Å². The predicted octanol–water partition coefficient (Wildman–Crippen LogP) is 1.95. The van der Waals surface area contributed by atoms with Gasteiger partial charge in [-0.15, -0.1) is 0 Å². The van der Waals surface area contributed by atoms with Crippen LogP contribution in [0, 0.1) is 0 Å². The third-order valence-corrected chi connectivity index (χ3v) is 3.33. The lowest BCUT2D eigenvalue weighted by atomic mass is 10.0. The van der Waals surface area contributed by atoms with Gasteiger partial charge in [0.1, 0.15) is 0 Å². The third kappa shape index (κ3) is 3.37. The van der Waals surface area contributed by atoms with Crippen LogP contribution in [0.15, 0.2) is 0 Å². The van der Waals surface area contributed by atoms with E-state index < -0.39 is 0 Å². The van der Waals surface area contributed by atoms with E-state index in [0.717, 1.165) is 25.9 Å². The highest BCUT2D eigenvalue weighted by atomic mass is 16.6. The van der Waals surface area contributed by atoms with Crippen molar-refractivity contribution in [3.8, 4) is 0 Å². The summed E-state index contributed by atoms with van der Waals surface area (Å²) in [6, 6.07) is 0.947. The number of ether oxygens (including phenoxy) is 1. The van der Waals surface area contributed by atoms with E-state index in [2.05, 4.69) is 18.7 Å². The fourth-order valence-electron chi connectivity index (χ4n) is 2.16. The summed E-state index contributed by atoms with van der Waals surface area (Å²) < 4.78 is 5.00. The van der Waals surface area contributed by atoms with Gasteiger partial charge >= 0.3 is 6.09 Å². The van der Waals surface area contributed by atoms with Gasteiger partial charge < -0.3 is 14.5 Å². The minimum atomic E-state index is -0.189. The van der Waals surface area contributed by atoms with E-state index in [9.17, 15) is 4.79 Å². The zero-order valence-corrected chi connectivity index (χ0v) is 10.9. The number of nitrogens with zero attached hydrogens (tertiary/aromatic N) is 2. The average Bonchev–Trinajstić information content (AvgIpc) is 2.28. The molecule has 0 saturated carbocycles. The molecule has 1 saturated heterocycles. The smallest absolute Gasteiger partial charge is 0.409 e. The van der Waals surface area contributed by atoms with E-state index in [4.69, 9.17) is 4.74 Å². The van der Waals surface area contributed by atoms with Gasteiger partial charge in [-0.05, 0) is 33.6 Å². The minimum absolute atomic E-state index is 0.189. The van der Waals surface area contributed by atoms with E-state index in [1.807, 2.05) is 14.0 Å². The lowest BCUT2D eigenvalue weighted by Gasteiger charge is -2.37. The number of piperidine rings is 1. The van der Waals surface area contributed by atoms with Crippen molar-refractivity contribution in [2.24, 2.45) is 0 Å². The van der Waals surface area contributed by atoms with Crippen LogP contribution in [0.2, 0.25) is 0 Å². The van der Waals surface area contributed by atoms with Gasteiger partial charge in [-0.25, -0.2) is 4.79 Å². The van der Waals surface area contributed by atoms with Gasteiger partial charge in [0.25, 0.3) is 0 Å². The fraction of sp³-hybridized carbons (Fsp3) is 0.917. The molecule has 1 aliphatic rings. The average molecular weight is 228 g/mol. The topological polar surface area (TPSA) is 32.8 Å². The second-order valence-corrected chi connectivity index (χ2v) is 4.67. The standard InChI is InChI=1S/C12H24N2O2/c1-5-16-12(15)13(4)11-6-8-14(9-7-11)10(2)3/h10-11H,5-9H2,1-4H3. The number of hydrogen-bond donors (Lipinski definition) is 0. The minimum Gasteiger partial charge on any atom is -0.450 e. The molecule has 16 heavy (non-hydrogen) atoms. The molecule has 0 spiro atoms. The van der Waals surface area contributed by atoms with Gasteiger partial charge in [-0.2, -0.15) is 0 Å². The maximum absolute atomic E-state index is 11.5. The van der Waals surface area contributed by atoms with Gasteiger partial charge in [-0.3, -0.25) is 0 Å². The summed E-state index contributed by atoms with van der Waals surface area (Å²) in [7, 11) is 1.84. The van der Waals surface area contributed by atoms with E-state index in [1.165, 1.54) is 0 Å². The number of likely N-dealkylation sites (tertiary alicyclic amines) is 1. The van der Waals surface area contributed by atoms with Crippen LogP contribution in [-0.2, 0) is 4.74 Å². The Hall–Kier alpha value is -0.770. The number of carbonyl (C=O) groups excluding carboxylic acids is 1.